The Bertz CT molecular complexity index is 930. The van der Waals surface area contributed by atoms with Crippen LogP contribution in [-0.2, 0) is 35.2 Å². The summed E-state index contributed by atoms with van der Waals surface area (Å²) < 4.78 is 0. The van der Waals surface area contributed by atoms with Crippen molar-refractivity contribution in [1.29, 1.82) is 0 Å². The van der Waals surface area contributed by atoms with E-state index in [-0.39, 0.29) is 12.8 Å². The number of hydrogen-bond donors (Lipinski definition) is 8. The first-order valence-electron chi connectivity index (χ1n) is 10.8. The molecule has 1 aromatic heterocycles. The largest absolute Gasteiger partial charge is 0.481 e. The predicted molar refractivity (Wildman–Crippen MR) is 116 cm³/mol. The van der Waals surface area contributed by atoms with Gasteiger partial charge in [0.25, 0.3) is 0 Å². The topological polar surface area (TPSA) is 240 Å². The minimum atomic E-state index is -1.68. The van der Waals surface area contributed by atoms with Gasteiger partial charge in [-0.15, -0.1) is 0 Å². The fraction of sp³-hybridized carbons (Fsp3) is 0.550. The quantitative estimate of drug-likeness (QED) is 0.135. The van der Waals surface area contributed by atoms with Crippen LogP contribution in [0.15, 0.2) is 12.5 Å². The monoisotopic (exact) mass is 496 g/mol. The lowest BCUT2D eigenvalue weighted by molar-refractivity contribution is -0.143. The summed E-state index contributed by atoms with van der Waals surface area (Å²) in [7, 11) is 0. The molecule has 3 amide bonds. The Morgan fingerprint density at radius 3 is 2.20 bits per heavy atom. The van der Waals surface area contributed by atoms with E-state index in [4.69, 9.17) is 5.11 Å². The third-order valence-electron chi connectivity index (χ3n) is 5.26. The molecule has 0 spiro atoms. The van der Waals surface area contributed by atoms with Crippen LogP contribution in [0.25, 0.3) is 0 Å². The number of H-pyrrole nitrogens is 1. The van der Waals surface area contributed by atoms with Crippen LogP contribution in [0.5, 0.6) is 0 Å². The molecule has 8 N–H and O–H groups in total. The first-order valence-corrected chi connectivity index (χ1v) is 10.8. The molecule has 1 fully saturated rings. The Morgan fingerprint density at radius 1 is 0.971 bits per heavy atom. The van der Waals surface area contributed by atoms with Crippen molar-refractivity contribution in [2.24, 2.45) is 0 Å². The van der Waals surface area contributed by atoms with Crippen LogP contribution in [0.4, 0.5) is 0 Å². The average Bonchev–Trinajstić information content (AvgIpc) is 3.49. The van der Waals surface area contributed by atoms with E-state index in [1.54, 1.807) is 0 Å². The Hall–Kier alpha value is -4.01. The molecule has 0 radical (unpaired) electrons. The second-order valence-corrected chi connectivity index (χ2v) is 7.98. The van der Waals surface area contributed by atoms with E-state index in [0.29, 0.717) is 18.7 Å². The van der Waals surface area contributed by atoms with Gasteiger partial charge in [0.05, 0.1) is 18.8 Å². The third kappa shape index (κ3) is 9.04. The fourth-order valence-corrected chi connectivity index (χ4v) is 3.46. The van der Waals surface area contributed by atoms with Crippen LogP contribution in [0.3, 0.4) is 0 Å². The molecule has 1 aliphatic heterocycles. The second kappa shape index (κ2) is 13.0. The molecule has 4 atom stereocenters. The number of imidazole rings is 1. The van der Waals surface area contributed by atoms with Gasteiger partial charge in [-0.2, -0.15) is 0 Å². The van der Waals surface area contributed by atoms with Crippen molar-refractivity contribution in [2.75, 3.05) is 6.54 Å². The van der Waals surface area contributed by atoms with Gasteiger partial charge in [0.1, 0.15) is 18.1 Å². The van der Waals surface area contributed by atoms with Crippen molar-refractivity contribution < 1.29 is 44.1 Å². The molecule has 192 valence electrons. The number of hydrogen-bond acceptors (Lipinski definition) is 8. The minimum absolute atomic E-state index is 0.180. The van der Waals surface area contributed by atoms with Crippen molar-refractivity contribution in [3.8, 4) is 0 Å². The molecule has 0 bridgehead atoms. The Kier molecular flexibility index (Phi) is 10.1. The van der Waals surface area contributed by atoms with Crippen molar-refractivity contribution in [3.05, 3.63) is 18.2 Å². The molecular formula is C20H28N6O9. The van der Waals surface area contributed by atoms with Crippen LogP contribution in [0.2, 0.25) is 0 Å². The van der Waals surface area contributed by atoms with E-state index in [1.807, 2.05) is 0 Å². The Morgan fingerprint density at radius 2 is 1.66 bits per heavy atom. The van der Waals surface area contributed by atoms with Gasteiger partial charge in [0, 0.05) is 24.7 Å². The van der Waals surface area contributed by atoms with Crippen molar-refractivity contribution >= 4 is 35.6 Å². The van der Waals surface area contributed by atoms with E-state index < -0.39 is 72.6 Å². The maximum Gasteiger partial charge on any atom is 0.326 e. The summed E-state index contributed by atoms with van der Waals surface area (Å²) >= 11 is 0. The molecule has 0 aromatic carbocycles. The zero-order chi connectivity index (χ0) is 26.0. The molecule has 1 saturated heterocycles. The zero-order valence-electron chi connectivity index (χ0n) is 18.7. The van der Waals surface area contributed by atoms with Crippen LogP contribution >= 0.6 is 0 Å². The van der Waals surface area contributed by atoms with Crippen LogP contribution < -0.4 is 21.3 Å². The molecule has 0 saturated carbocycles. The highest BCUT2D eigenvalue weighted by molar-refractivity contribution is 5.95. The highest BCUT2D eigenvalue weighted by Gasteiger charge is 2.32. The normalized spacial score (nSPS) is 17.5. The highest BCUT2D eigenvalue weighted by Crippen LogP contribution is 2.08. The van der Waals surface area contributed by atoms with E-state index in [1.165, 1.54) is 12.5 Å². The first-order chi connectivity index (χ1) is 16.6. The van der Waals surface area contributed by atoms with E-state index >= 15 is 0 Å². The SMILES string of the molecule is O=C(O)CCC(NC(=O)C1CCCN1)C(=O)NC(CC(=O)O)C(=O)NC(Cc1cnc[nH]1)C(=O)O. The minimum Gasteiger partial charge on any atom is -0.481 e. The summed E-state index contributed by atoms with van der Waals surface area (Å²) in [6.07, 6.45) is 2.10. The summed E-state index contributed by atoms with van der Waals surface area (Å²) in [5.41, 5.74) is 0.397. The Balaban J connectivity index is 2.11. The standard InChI is InChI=1S/C20H28N6O9/c27-15(28)4-3-12(24-17(31)11-2-1-5-22-11)18(32)25-13(7-16(29)30)19(33)26-14(20(34)35)6-10-8-21-9-23-10/h8-9,11-14,22H,1-7H2,(H,21,23)(H,24,31)(H,25,32)(H,26,33)(H,27,28)(H,29,30)(H,34,35). The second-order valence-electron chi connectivity index (χ2n) is 7.98. The number of carboxylic acid groups (broad SMARTS) is 3. The third-order valence-corrected chi connectivity index (χ3v) is 5.26. The van der Waals surface area contributed by atoms with Gasteiger partial charge in [-0.1, -0.05) is 0 Å². The molecule has 1 aliphatic rings. The molecule has 0 aliphatic carbocycles. The van der Waals surface area contributed by atoms with Gasteiger partial charge in [-0.05, 0) is 25.8 Å². The number of nitrogens with zero attached hydrogens (tertiary/aromatic N) is 1. The molecule has 35 heavy (non-hydrogen) atoms. The molecular weight excluding hydrogens is 468 g/mol. The number of carbonyl (C=O) groups excluding carboxylic acids is 3. The van der Waals surface area contributed by atoms with E-state index in [0.717, 1.165) is 6.42 Å². The average molecular weight is 496 g/mol. The number of carboxylic acids is 3. The van der Waals surface area contributed by atoms with Crippen molar-refractivity contribution in [2.45, 2.75) is 62.7 Å². The molecule has 4 unspecified atom stereocenters. The van der Waals surface area contributed by atoms with Crippen LogP contribution in [-0.4, -0.2) is 91.6 Å². The lowest BCUT2D eigenvalue weighted by atomic mass is 10.1. The number of amides is 3. The predicted octanol–water partition coefficient (Wildman–Crippen LogP) is -2.42. The van der Waals surface area contributed by atoms with E-state index in [2.05, 4.69) is 31.2 Å². The van der Waals surface area contributed by atoms with Crippen molar-refractivity contribution in [3.63, 3.8) is 0 Å². The molecule has 15 heteroatoms. The number of aromatic amines is 1. The molecule has 1 aromatic rings. The molecule has 15 nitrogen and oxygen atoms in total. The van der Waals surface area contributed by atoms with Gasteiger partial charge < -0.3 is 41.6 Å². The Labute approximate surface area is 199 Å². The summed E-state index contributed by atoms with van der Waals surface area (Å²) in [5.74, 6) is -6.65. The number of carbonyl (C=O) groups is 6. The summed E-state index contributed by atoms with van der Waals surface area (Å²) in [6, 6.07) is -5.05. The summed E-state index contributed by atoms with van der Waals surface area (Å²) in [4.78, 5) is 78.3. The lowest BCUT2D eigenvalue weighted by Crippen LogP contribution is -2.57. The maximum absolute atomic E-state index is 12.8. The zero-order valence-corrected chi connectivity index (χ0v) is 18.7. The molecule has 2 rings (SSSR count). The number of rotatable bonds is 14. The van der Waals surface area contributed by atoms with Gasteiger partial charge in [0.15, 0.2) is 0 Å². The molecule has 2 heterocycles. The van der Waals surface area contributed by atoms with Crippen LogP contribution in [0, 0.1) is 0 Å². The number of aromatic nitrogens is 2. The number of nitrogens with one attached hydrogen (secondary N) is 5. The maximum atomic E-state index is 12.8. The first kappa shape index (κ1) is 27.2. The van der Waals surface area contributed by atoms with Crippen molar-refractivity contribution in [1.82, 2.24) is 31.2 Å². The van der Waals surface area contributed by atoms with Crippen LogP contribution in [0.1, 0.15) is 37.8 Å². The van der Waals surface area contributed by atoms with Gasteiger partial charge in [-0.25, -0.2) is 9.78 Å². The summed E-state index contributed by atoms with van der Waals surface area (Å²) in [5, 5.41) is 37.3. The van der Waals surface area contributed by atoms with E-state index in [9.17, 15) is 39.0 Å². The lowest BCUT2D eigenvalue weighted by Gasteiger charge is -2.24. The van der Waals surface area contributed by atoms with Gasteiger partial charge >= 0.3 is 17.9 Å². The smallest absolute Gasteiger partial charge is 0.326 e. The summed E-state index contributed by atoms with van der Waals surface area (Å²) in [6.45, 7) is 0.605. The van der Waals surface area contributed by atoms with Gasteiger partial charge in [0.2, 0.25) is 17.7 Å². The van der Waals surface area contributed by atoms with Gasteiger partial charge in [-0.3, -0.25) is 24.0 Å². The fourth-order valence-electron chi connectivity index (χ4n) is 3.46. The highest BCUT2D eigenvalue weighted by atomic mass is 16.4. The number of aliphatic carboxylic acids is 3.